The van der Waals surface area contributed by atoms with E-state index in [-0.39, 0.29) is 12.5 Å². The molecule has 92 valence electrons. The molecule has 2 rings (SSSR count). The third-order valence-corrected chi connectivity index (χ3v) is 2.73. The number of nitriles is 1. The van der Waals surface area contributed by atoms with Crippen LogP contribution < -0.4 is 4.90 Å². The van der Waals surface area contributed by atoms with E-state index >= 15 is 0 Å². The number of carbonyl (C=O) groups excluding carboxylic acids is 2. The fourth-order valence-corrected chi connectivity index (χ4v) is 1.90. The van der Waals surface area contributed by atoms with Crippen LogP contribution in [0.15, 0.2) is 24.3 Å². The maximum absolute atomic E-state index is 11.6. The summed E-state index contributed by atoms with van der Waals surface area (Å²) in [7, 11) is 0. The predicted octanol–water partition coefficient (Wildman–Crippen LogP) is 1.49. The molecule has 0 unspecified atom stereocenters. The second kappa shape index (κ2) is 5.32. The molecule has 1 amide bonds. The lowest BCUT2D eigenvalue weighted by molar-refractivity contribution is -0.117. The van der Waals surface area contributed by atoms with Crippen LogP contribution in [0.25, 0.3) is 0 Å². The lowest BCUT2D eigenvalue weighted by atomic mass is 10.2. The third kappa shape index (κ3) is 2.48. The highest BCUT2D eigenvalue weighted by atomic mass is 16.5. The highest BCUT2D eigenvalue weighted by molar-refractivity contribution is 5.97. The average molecular weight is 244 g/mol. The van der Waals surface area contributed by atoms with Gasteiger partial charge in [0.25, 0.3) is 0 Å². The summed E-state index contributed by atoms with van der Waals surface area (Å²) in [6, 6.07) is 8.43. The van der Waals surface area contributed by atoms with Crippen molar-refractivity contribution in [2.75, 3.05) is 18.1 Å². The molecule has 0 radical (unpaired) electrons. The van der Waals surface area contributed by atoms with E-state index in [1.165, 1.54) is 0 Å². The second-order valence-corrected chi connectivity index (χ2v) is 3.93. The van der Waals surface area contributed by atoms with Crippen LogP contribution in [0.4, 0.5) is 5.69 Å². The zero-order chi connectivity index (χ0) is 13.0. The van der Waals surface area contributed by atoms with Gasteiger partial charge < -0.3 is 9.64 Å². The van der Waals surface area contributed by atoms with Crippen molar-refractivity contribution >= 4 is 17.6 Å². The monoisotopic (exact) mass is 244 g/mol. The van der Waals surface area contributed by atoms with E-state index in [1.807, 2.05) is 0 Å². The Morgan fingerprint density at radius 2 is 2.33 bits per heavy atom. The van der Waals surface area contributed by atoms with Gasteiger partial charge in [0.2, 0.25) is 5.91 Å². The van der Waals surface area contributed by atoms with Crippen molar-refractivity contribution in [2.24, 2.45) is 0 Å². The van der Waals surface area contributed by atoms with Gasteiger partial charge in [-0.2, -0.15) is 5.26 Å². The van der Waals surface area contributed by atoms with E-state index in [0.717, 1.165) is 6.42 Å². The number of carbonyl (C=O) groups is 2. The van der Waals surface area contributed by atoms with Gasteiger partial charge in [0.1, 0.15) is 6.07 Å². The minimum absolute atomic E-state index is 0.0672. The summed E-state index contributed by atoms with van der Waals surface area (Å²) < 4.78 is 4.72. The molecule has 5 nitrogen and oxygen atoms in total. The van der Waals surface area contributed by atoms with E-state index in [9.17, 15) is 9.59 Å². The lowest BCUT2D eigenvalue weighted by Gasteiger charge is -2.16. The van der Waals surface area contributed by atoms with Crippen LogP contribution in [-0.4, -0.2) is 25.0 Å². The van der Waals surface area contributed by atoms with Crippen LogP contribution in [0, 0.1) is 11.3 Å². The van der Waals surface area contributed by atoms with Crippen molar-refractivity contribution in [1.29, 1.82) is 5.26 Å². The number of hydrogen-bond acceptors (Lipinski definition) is 4. The maximum atomic E-state index is 11.6. The molecule has 0 spiro atoms. The van der Waals surface area contributed by atoms with Crippen LogP contribution in [0.2, 0.25) is 0 Å². The lowest BCUT2D eigenvalue weighted by Crippen LogP contribution is -2.23. The standard InChI is InChI=1S/C13H12N2O3/c14-6-8-18-13(17)10-3-1-4-11(9-10)15-7-2-5-12(15)16/h1,3-4,9H,2,5,7-8H2. The van der Waals surface area contributed by atoms with Crippen LogP contribution in [0.5, 0.6) is 0 Å². The largest absolute Gasteiger partial charge is 0.447 e. The summed E-state index contributed by atoms with van der Waals surface area (Å²) in [4.78, 5) is 24.8. The molecule has 0 aromatic heterocycles. The van der Waals surface area contributed by atoms with Crippen molar-refractivity contribution in [3.8, 4) is 6.07 Å². The minimum Gasteiger partial charge on any atom is -0.447 e. The van der Waals surface area contributed by atoms with Crippen molar-refractivity contribution in [2.45, 2.75) is 12.8 Å². The Bertz CT molecular complexity index is 519. The first-order valence-corrected chi connectivity index (χ1v) is 5.67. The highest BCUT2D eigenvalue weighted by Crippen LogP contribution is 2.22. The summed E-state index contributed by atoms with van der Waals surface area (Å²) in [6.07, 6.45) is 1.38. The van der Waals surface area contributed by atoms with Gasteiger partial charge in [-0.25, -0.2) is 4.79 Å². The number of benzene rings is 1. The van der Waals surface area contributed by atoms with Gasteiger partial charge in [0.05, 0.1) is 5.56 Å². The Balaban J connectivity index is 2.17. The summed E-state index contributed by atoms with van der Waals surface area (Å²) >= 11 is 0. The van der Waals surface area contributed by atoms with Crippen LogP contribution >= 0.6 is 0 Å². The number of rotatable bonds is 3. The maximum Gasteiger partial charge on any atom is 0.339 e. The van der Waals surface area contributed by atoms with Crippen LogP contribution in [0.1, 0.15) is 23.2 Å². The third-order valence-electron chi connectivity index (χ3n) is 2.73. The molecule has 0 bridgehead atoms. The average Bonchev–Trinajstić information content (AvgIpc) is 2.82. The number of anilines is 1. The molecule has 1 aliphatic rings. The van der Waals surface area contributed by atoms with Crippen molar-refractivity contribution in [1.82, 2.24) is 0 Å². The molecule has 1 fully saturated rings. The first-order chi connectivity index (χ1) is 8.72. The fraction of sp³-hybridized carbons (Fsp3) is 0.308. The molecule has 0 atom stereocenters. The second-order valence-electron chi connectivity index (χ2n) is 3.93. The molecule has 1 saturated heterocycles. The highest BCUT2D eigenvalue weighted by Gasteiger charge is 2.22. The summed E-state index contributed by atoms with van der Waals surface area (Å²) in [6.45, 7) is 0.404. The van der Waals surface area contributed by atoms with E-state index in [1.54, 1.807) is 35.2 Å². The van der Waals surface area contributed by atoms with E-state index in [2.05, 4.69) is 0 Å². The summed E-state index contributed by atoms with van der Waals surface area (Å²) in [5.74, 6) is -0.484. The number of esters is 1. The van der Waals surface area contributed by atoms with Crippen molar-refractivity contribution in [3.63, 3.8) is 0 Å². The van der Waals surface area contributed by atoms with E-state index < -0.39 is 5.97 Å². The normalized spacial score (nSPS) is 14.4. The fourth-order valence-electron chi connectivity index (χ4n) is 1.90. The number of nitrogens with zero attached hydrogens (tertiary/aromatic N) is 2. The molecular weight excluding hydrogens is 232 g/mol. The van der Waals surface area contributed by atoms with Gasteiger partial charge in [-0.15, -0.1) is 0 Å². The molecule has 18 heavy (non-hydrogen) atoms. The van der Waals surface area contributed by atoms with Gasteiger partial charge in [-0.3, -0.25) is 4.79 Å². The zero-order valence-electron chi connectivity index (χ0n) is 9.76. The van der Waals surface area contributed by atoms with E-state index in [4.69, 9.17) is 10.00 Å². The Labute approximate surface area is 105 Å². The number of ether oxygens (including phenoxy) is 1. The molecule has 1 aromatic carbocycles. The number of amides is 1. The molecule has 5 heteroatoms. The topological polar surface area (TPSA) is 70.4 Å². The Kier molecular flexibility index (Phi) is 3.58. The van der Waals surface area contributed by atoms with E-state index in [0.29, 0.717) is 24.2 Å². The van der Waals surface area contributed by atoms with Gasteiger partial charge in [-0.1, -0.05) is 6.07 Å². The SMILES string of the molecule is N#CCOC(=O)c1cccc(N2CCCC2=O)c1. The Morgan fingerprint density at radius 1 is 1.50 bits per heavy atom. The molecule has 0 N–H and O–H groups in total. The molecule has 0 aliphatic carbocycles. The first kappa shape index (κ1) is 12.1. The molecule has 1 heterocycles. The van der Waals surface area contributed by atoms with Crippen molar-refractivity contribution < 1.29 is 14.3 Å². The Hall–Kier alpha value is -2.35. The molecule has 0 saturated carbocycles. The van der Waals surface area contributed by atoms with Crippen LogP contribution in [0.3, 0.4) is 0 Å². The predicted molar refractivity (Wildman–Crippen MR) is 63.9 cm³/mol. The summed E-state index contributed by atoms with van der Waals surface area (Å²) in [5, 5.41) is 8.34. The summed E-state index contributed by atoms with van der Waals surface area (Å²) in [5.41, 5.74) is 1.05. The van der Waals surface area contributed by atoms with Crippen molar-refractivity contribution in [3.05, 3.63) is 29.8 Å². The van der Waals surface area contributed by atoms with Gasteiger partial charge in [0, 0.05) is 18.7 Å². The van der Waals surface area contributed by atoms with Gasteiger partial charge in [-0.05, 0) is 24.6 Å². The molecular formula is C13H12N2O3. The van der Waals surface area contributed by atoms with Crippen LogP contribution in [-0.2, 0) is 9.53 Å². The number of hydrogen-bond donors (Lipinski definition) is 0. The smallest absolute Gasteiger partial charge is 0.339 e. The van der Waals surface area contributed by atoms with Gasteiger partial charge >= 0.3 is 5.97 Å². The minimum atomic E-state index is -0.551. The Morgan fingerprint density at radius 3 is 3.00 bits per heavy atom. The first-order valence-electron chi connectivity index (χ1n) is 5.67. The zero-order valence-corrected chi connectivity index (χ0v) is 9.76. The quantitative estimate of drug-likeness (QED) is 0.755. The molecule has 1 aromatic rings. The van der Waals surface area contributed by atoms with Gasteiger partial charge in [0.15, 0.2) is 6.61 Å². The molecule has 1 aliphatic heterocycles.